The molecule has 0 aromatic heterocycles. The van der Waals surface area contributed by atoms with Crippen LogP contribution in [0.5, 0.6) is 0 Å². The van der Waals surface area contributed by atoms with Crippen LogP contribution in [0.4, 0.5) is 5.69 Å². The summed E-state index contributed by atoms with van der Waals surface area (Å²) in [7, 11) is 0. The largest absolute Gasteiger partial charge is 0.351 e. The van der Waals surface area contributed by atoms with Gasteiger partial charge in [-0.15, -0.1) is 0 Å². The number of para-hydroxylation sites is 1. The molecule has 1 heterocycles. The number of benzene rings is 2. The number of carbonyl (C=O) groups is 2. The standard InChI is InChI=1S/C20H22N2O2/c23-19(13-7-10-16-8-3-1-4-9-16)21-17-14-20(24)22(15-17)18-11-5-2-6-12-18/h1-6,8-9,11-12,17H,7,10,13-15H2,(H,21,23)/t17-/m1/s1. The molecule has 1 aliphatic rings. The van der Waals surface area contributed by atoms with Crippen LogP contribution in [0.3, 0.4) is 0 Å². The maximum atomic E-state index is 12.1. The van der Waals surface area contributed by atoms with Crippen LogP contribution in [-0.4, -0.2) is 24.4 Å². The number of amides is 2. The van der Waals surface area contributed by atoms with E-state index < -0.39 is 0 Å². The summed E-state index contributed by atoms with van der Waals surface area (Å²) in [4.78, 5) is 26.0. The van der Waals surface area contributed by atoms with E-state index in [2.05, 4.69) is 17.4 Å². The van der Waals surface area contributed by atoms with Gasteiger partial charge in [-0.1, -0.05) is 48.5 Å². The highest BCUT2D eigenvalue weighted by atomic mass is 16.2. The number of aryl methyl sites for hydroxylation is 1. The van der Waals surface area contributed by atoms with Gasteiger partial charge in [-0.2, -0.15) is 0 Å². The molecular weight excluding hydrogens is 300 g/mol. The number of rotatable bonds is 6. The summed E-state index contributed by atoms with van der Waals surface area (Å²) in [5.74, 6) is 0.0921. The molecule has 2 aromatic rings. The molecule has 124 valence electrons. The van der Waals surface area contributed by atoms with Crippen molar-refractivity contribution in [1.82, 2.24) is 5.32 Å². The molecule has 1 atom stereocenters. The van der Waals surface area contributed by atoms with Gasteiger partial charge in [-0.3, -0.25) is 9.59 Å². The first-order valence-corrected chi connectivity index (χ1v) is 8.41. The van der Waals surface area contributed by atoms with Gasteiger partial charge in [-0.05, 0) is 30.5 Å². The molecule has 0 bridgehead atoms. The van der Waals surface area contributed by atoms with Gasteiger partial charge in [-0.25, -0.2) is 0 Å². The predicted octanol–water partition coefficient (Wildman–Crippen LogP) is 2.93. The second kappa shape index (κ2) is 7.77. The number of carbonyl (C=O) groups excluding carboxylic acids is 2. The summed E-state index contributed by atoms with van der Waals surface area (Å²) < 4.78 is 0. The first kappa shape index (κ1) is 16.2. The molecular formula is C20H22N2O2. The molecule has 0 unspecified atom stereocenters. The van der Waals surface area contributed by atoms with E-state index in [9.17, 15) is 9.59 Å². The van der Waals surface area contributed by atoms with Gasteiger partial charge in [0.05, 0.1) is 6.04 Å². The molecule has 1 saturated heterocycles. The predicted molar refractivity (Wildman–Crippen MR) is 94.7 cm³/mol. The Kier molecular flexibility index (Phi) is 5.26. The van der Waals surface area contributed by atoms with Gasteiger partial charge in [0.1, 0.15) is 0 Å². The topological polar surface area (TPSA) is 49.4 Å². The Morgan fingerprint density at radius 3 is 2.42 bits per heavy atom. The molecule has 2 amide bonds. The van der Waals surface area contributed by atoms with Gasteiger partial charge < -0.3 is 10.2 Å². The molecule has 24 heavy (non-hydrogen) atoms. The quantitative estimate of drug-likeness (QED) is 0.889. The minimum absolute atomic E-state index is 0.0265. The van der Waals surface area contributed by atoms with Gasteiger partial charge >= 0.3 is 0 Å². The molecule has 0 spiro atoms. The lowest BCUT2D eigenvalue weighted by molar-refractivity contribution is -0.121. The summed E-state index contributed by atoms with van der Waals surface area (Å²) in [6.45, 7) is 0.549. The maximum Gasteiger partial charge on any atom is 0.229 e. The van der Waals surface area contributed by atoms with Crippen LogP contribution in [-0.2, 0) is 16.0 Å². The molecule has 3 rings (SSSR count). The highest BCUT2D eigenvalue weighted by Crippen LogP contribution is 2.21. The number of anilines is 1. The van der Waals surface area contributed by atoms with Gasteiger partial charge in [0.2, 0.25) is 11.8 Å². The molecule has 4 heteroatoms. The summed E-state index contributed by atoms with van der Waals surface area (Å²) in [5.41, 5.74) is 2.14. The Bertz CT molecular complexity index is 685. The van der Waals surface area contributed by atoms with Crippen LogP contribution in [0.15, 0.2) is 60.7 Å². The molecule has 2 aromatic carbocycles. The summed E-state index contributed by atoms with van der Waals surface area (Å²) in [6.07, 6.45) is 2.58. The van der Waals surface area contributed by atoms with E-state index in [1.807, 2.05) is 48.5 Å². The zero-order valence-electron chi connectivity index (χ0n) is 13.7. The van der Waals surface area contributed by atoms with Crippen LogP contribution in [0.25, 0.3) is 0 Å². The summed E-state index contributed by atoms with van der Waals surface area (Å²) in [5, 5.41) is 2.99. The first-order valence-electron chi connectivity index (χ1n) is 8.41. The van der Waals surface area contributed by atoms with E-state index in [1.54, 1.807) is 4.90 Å². The van der Waals surface area contributed by atoms with Crippen molar-refractivity contribution in [3.63, 3.8) is 0 Å². The lowest BCUT2D eigenvalue weighted by Gasteiger charge is -2.17. The van der Waals surface area contributed by atoms with Crippen LogP contribution in [0.2, 0.25) is 0 Å². The smallest absolute Gasteiger partial charge is 0.229 e. The van der Waals surface area contributed by atoms with Crippen molar-refractivity contribution in [3.05, 3.63) is 66.2 Å². The zero-order chi connectivity index (χ0) is 16.8. The Labute approximate surface area is 142 Å². The average Bonchev–Trinajstić information content (AvgIpc) is 2.97. The molecule has 0 radical (unpaired) electrons. The van der Waals surface area contributed by atoms with Gasteiger partial charge in [0.25, 0.3) is 0 Å². The molecule has 0 saturated carbocycles. The number of hydrogen-bond donors (Lipinski definition) is 1. The van der Waals surface area contributed by atoms with E-state index in [0.717, 1.165) is 18.5 Å². The lowest BCUT2D eigenvalue weighted by atomic mass is 10.1. The van der Waals surface area contributed by atoms with Crippen LogP contribution in [0.1, 0.15) is 24.8 Å². The van der Waals surface area contributed by atoms with Crippen LogP contribution < -0.4 is 10.2 Å². The zero-order valence-corrected chi connectivity index (χ0v) is 13.7. The van der Waals surface area contributed by atoms with Crippen molar-refractivity contribution < 1.29 is 9.59 Å². The Morgan fingerprint density at radius 1 is 1.04 bits per heavy atom. The second-order valence-electron chi connectivity index (χ2n) is 6.15. The monoisotopic (exact) mass is 322 g/mol. The molecule has 0 aliphatic carbocycles. The minimum atomic E-state index is -0.0954. The third-order valence-electron chi connectivity index (χ3n) is 4.27. The lowest BCUT2D eigenvalue weighted by Crippen LogP contribution is -2.37. The van der Waals surface area contributed by atoms with E-state index in [1.165, 1.54) is 5.56 Å². The van der Waals surface area contributed by atoms with Crippen molar-refractivity contribution in [3.8, 4) is 0 Å². The Balaban J connectivity index is 1.45. The van der Waals surface area contributed by atoms with Crippen molar-refractivity contribution in [1.29, 1.82) is 0 Å². The third-order valence-corrected chi connectivity index (χ3v) is 4.27. The number of nitrogens with zero attached hydrogens (tertiary/aromatic N) is 1. The first-order chi connectivity index (χ1) is 11.7. The summed E-state index contributed by atoms with van der Waals surface area (Å²) >= 11 is 0. The molecule has 1 aliphatic heterocycles. The molecule has 1 N–H and O–H groups in total. The molecule has 1 fully saturated rings. The second-order valence-corrected chi connectivity index (χ2v) is 6.15. The van der Waals surface area contributed by atoms with Crippen molar-refractivity contribution >= 4 is 17.5 Å². The van der Waals surface area contributed by atoms with E-state index in [4.69, 9.17) is 0 Å². The van der Waals surface area contributed by atoms with Crippen molar-refractivity contribution in [2.24, 2.45) is 0 Å². The van der Waals surface area contributed by atoms with Crippen LogP contribution >= 0.6 is 0 Å². The Morgan fingerprint density at radius 2 is 1.71 bits per heavy atom. The maximum absolute atomic E-state index is 12.1. The highest BCUT2D eigenvalue weighted by molar-refractivity contribution is 5.96. The van der Waals surface area contributed by atoms with Crippen LogP contribution in [0, 0.1) is 0 Å². The molecule has 4 nitrogen and oxygen atoms in total. The van der Waals surface area contributed by atoms with Gasteiger partial charge in [0, 0.05) is 25.1 Å². The van der Waals surface area contributed by atoms with Gasteiger partial charge in [0.15, 0.2) is 0 Å². The fourth-order valence-corrected chi connectivity index (χ4v) is 3.06. The SMILES string of the molecule is O=C(CCCc1ccccc1)N[C@@H]1CC(=O)N(c2ccccc2)C1. The highest BCUT2D eigenvalue weighted by Gasteiger charge is 2.31. The van der Waals surface area contributed by atoms with E-state index in [-0.39, 0.29) is 17.9 Å². The third kappa shape index (κ3) is 4.22. The average molecular weight is 322 g/mol. The number of nitrogens with one attached hydrogen (secondary N) is 1. The minimum Gasteiger partial charge on any atom is -0.351 e. The Hall–Kier alpha value is -2.62. The summed E-state index contributed by atoms with van der Waals surface area (Å²) in [6, 6.07) is 19.7. The van der Waals surface area contributed by atoms with Crippen molar-refractivity contribution in [2.75, 3.05) is 11.4 Å². The van der Waals surface area contributed by atoms with E-state index >= 15 is 0 Å². The fourth-order valence-electron chi connectivity index (χ4n) is 3.06. The fraction of sp³-hybridized carbons (Fsp3) is 0.300. The van der Waals surface area contributed by atoms with E-state index in [0.29, 0.717) is 19.4 Å². The normalized spacial score (nSPS) is 17.1. The number of hydrogen-bond acceptors (Lipinski definition) is 2. The van der Waals surface area contributed by atoms with Crippen molar-refractivity contribution in [2.45, 2.75) is 31.7 Å².